The number of ketones is 1. The van der Waals surface area contributed by atoms with Gasteiger partial charge < -0.3 is 5.11 Å². The van der Waals surface area contributed by atoms with E-state index in [2.05, 4.69) is 0 Å². The van der Waals surface area contributed by atoms with E-state index < -0.39 is 29.1 Å². The third kappa shape index (κ3) is 3.23. The largest absolute Gasteiger partial charge is 0.393 e. The lowest BCUT2D eigenvalue weighted by molar-refractivity contribution is -0.116. The number of carbonyl (C=O) groups excluding carboxylic acids is 1. The van der Waals surface area contributed by atoms with Gasteiger partial charge in [0.2, 0.25) is 0 Å². The molecule has 0 heterocycles. The molecule has 2 nitrogen and oxygen atoms in total. The minimum atomic E-state index is -0.769. The fourth-order valence-corrected chi connectivity index (χ4v) is 1.43. The molecule has 0 aromatic rings. The van der Waals surface area contributed by atoms with Crippen LogP contribution in [-0.4, -0.2) is 17.0 Å². The van der Waals surface area contributed by atoms with Crippen molar-refractivity contribution in [2.75, 3.05) is 0 Å². The van der Waals surface area contributed by atoms with Gasteiger partial charge in [-0.05, 0) is 25.8 Å². The molecule has 0 bridgehead atoms. The Morgan fingerprint density at radius 1 is 1.60 bits per heavy atom. The van der Waals surface area contributed by atoms with Crippen LogP contribution in [0.4, 0.5) is 8.78 Å². The Morgan fingerprint density at radius 3 is 2.80 bits per heavy atom. The maximum atomic E-state index is 13.2. The molecule has 4 heteroatoms. The molecule has 15 heavy (non-hydrogen) atoms. The number of hydrogen-bond acceptors (Lipinski definition) is 2. The Labute approximate surface area is 87.3 Å². The second-order valence-electron chi connectivity index (χ2n) is 3.68. The smallest absolute Gasteiger partial charge is 0.168 e. The summed E-state index contributed by atoms with van der Waals surface area (Å²) in [6, 6.07) is 0. The molecule has 1 aliphatic carbocycles. The highest BCUT2D eigenvalue weighted by molar-refractivity contribution is 5.99. The van der Waals surface area contributed by atoms with Crippen molar-refractivity contribution in [3.8, 4) is 0 Å². The fraction of sp³-hybridized carbons (Fsp3) is 0.545. The van der Waals surface area contributed by atoms with Crippen LogP contribution in [0, 0.1) is 0 Å². The highest BCUT2D eigenvalue weighted by Gasteiger charge is 2.22. The van der Waals surface area contributed by atoms with Crippen molar-refractivity contribution in [1.29, 1.82) is 0 Å². The van der Waals surface area contributed by atoms with Crippen LogP contribution in [0.25, 0.3) is 0 Å². The van der Waals surface area contributed by atoms with Gasteiger partial charge >= 0.3 is 0 Å². The van der Waals surface area contributed by atoms with E-state index in [0.717, 1.165) is 0 Å². The number of rotatable bonds is 4. The van der Waals surface area contributed by atoms with Crippen LogP contribution in [0.1, 0.15) is 32.6 Å². The van der Waals surface area contributed by atoms with E-state index in [0.29, 0.717) is 6.42 Å². The lowest BCUT2D eigenvalue weighted by Gasteiger charge is -2.11. The molecule has 0 amide bonds. The molecule has 0 spiro atoms. The Balaban J connectivity index is 2.69. The van der Waals surface area contributed by atoms with Crippen LogP contribution in [0.3, 0.4) is 0 Å². The number of carbonyl (C=O) groups is 1. The predicted octanol–water partition coefficient (Wildman–Crippen LogP) is 2.59. The summed E-state index contributed by atoms with van der Waals surface area (Å²) in [4.78, 5) is 11.4. The summed E-state index contributed by atoms with van der Waals surface area (Å²) in [5, 5.41) is 8.96. The van der Waals surface area contributed by atoms with Crippen molar-refractivity contribution in [3.05, 3.63) is 23.3 Å². The molecular formula is C11H14F2O2. The molecule has 1 atom stereocenters. The van der Waals surface area contributed by atoms with Gasteiger partial charge in [0.1, 0.15) is 11.7 Å². The molecule has 0 saturated carbocycles. The summed E-state index contributed by atoms with van der Waals surface area (Å²) in [5.41, 5.74) is -0.429. The molecule has 0 aliphatic heterocycles. The average Bonchev–Trinajstić information content (AvgIpc) is 2.14. The van der Waals surface area contributed by atoms with Crippen molar-refractivity contribution in [3.63, 3.8) is 0 Å². The van der Waals surface area contributed by atoms with Gasteiger partial charge in [-0.3, -0.25) is 4.79 Å². The fourth-order valence-electron chi connectivity index (χ4n) is 1.43. The van der Waals surface area contributed by atoms with Crippen molar-refractivity contribution >= 4 is 5.78 Å². The lowest BCUT2D eigenvalue weighted by atomic mass is 9.97. The standard InChI is InChI=1S/C11H14F2O2/c1-7(14)5-6-10(15)11-8(12)3-2-4-9(11)13/h3,7,14H,2,4-6H2,1H3. The van der Waals surface area contributed by atoms with E-state index in [4.69, 9.17) is 5.11 Å². The second-order valence-corrected chi connectivity index (χ2v) is 3.68. The first-order valence-corrected chi connectivity index (χ1v) is 4.98. The summed E-state index contributed by atoms with van der Waals surface area (Å²) < 4.78 is 26.3. The van der Waals surface area contributed by atoms with Gasteiger partial charge in [0.25, 0.3) is 0 Å². The van der Waals surface area contributed by atoms with Crippen LogP contribution in [0.5, 0.6) is 0 Å². The summed E-state index contributed by atoms with van der Waals surface area (Å²) in [6.45, 7) is 1.53. The third-order valence-electron chi connectivity index (χ3n) is 2.27. The highest BCUT2D eigenvalue weighted by Crippen LogP contribution is 2.28. The van der Waals surface area contributed by atoms with Gasteiger partial charge in [-0.15, -0.1) is 0 Å². The van der Waals surface area contributed by atoms with Crippen molar-refractivity contribution < 1.29 is 18.7 Å². The van der Waals surface area contributed by atoms with Gasteiger partial charge in [0, 0.05) is 12.8 Å². The quantitative estimate of drug-likeness (QED) is 0.784. The van der Waals surface area contributed by atoms with Crippen LogP contribution < -0.4 is 0 Å². The second kappa shape index (κ2) is 5.16. The minimum Gasteiger partial charge on any atom is -0.393 e. The molecule has 1 rings (SSSR count). The predicted molar refractivity (Wildman–Crippen MR) is 52.5 cm³/mol. The molecule has 84 valence electrons. The van der Waals surface area contributed by atoms with Gasteiger partial charge in [-0.1, -0.05) is 0 Å². The molecule has 0 fully saturated rings. The SMILES string of the molecule is CC(O)CCC(=O)C1=C(F)CCC=C1F. The van der Waals surface area contributed by atoms with E-state index in [9.17, 15) is 13.6 Å². The number of hydrogen-bond donors (Lipinski definition) is 1. The number of aliphatic hydroxyl groups is 1. The topological polar surface area (TPSA) is 37.3 Å². The molecular weight excluding hydrogens is 202 g/mol. The molecule has 1 N–H and O–H groups in total. The molecule has 1 aliphatic rings. The number of halogens is 2. The Hall–Kier alpha value is -1.03. The van der Waals surface area contributed by atoms with Crippen molar-refractivity contribution in [1.82, 2.24) is 0 Å². The van der Waals surface area contributed by atoms with Crippen molar-refractivity contribution in [2.24, 2.45) is 0 Å². The monoisotopic (exact) mass is 216 g/mol. The van der Waals surface area contributed by atoms with Crippen molar-refractivity contribution in [2.45, 2.75) is 38.7 Å². The molecule has 0 radical (unpaired) electrons. The summed E-state index contributed by atoms with van der Waals surface area (Å²) in [6.07, 6.45) is 1.17. The van der Waals surface area contributed by atoms with Crippen LogP contribution in [-0.2, 0) is 4.79 Å². The summed E-state index contributed by atoms with van der Waals surface area (Å²) in [7, 11) is 0. The third-order valence-corrected chi connectivity index (χ3v) is 2.27. The van der Waals surface area contributed by atoms with E-state index in [1.54, 1.807) is 0 Å². The van der Waals surface area contributed by atoms with Gasteiger partial charge in [-0.25, -0.2) is 8.78 Å². The van der Waals surface area contributed by atoms with Crippen LogP contribution in [0.15, 0.2) is 23.3 Å². The zero-order valence-corrected chi connectivity index (χ0v) is 8.59. The summed E-state index contributed by atoms with van der Waals surface area (Å²) in [5.74, 6) is -2.01. The van der Waals surface area contributed by atoms with Gasteiger partial charge in [0.15, 0.2) is 5.78 Å². The summed E-state index contributed by atoms with van der Waals surface area (Å²) >= 11 is 0. The Kier molecular flexibility index (Phi) is 4.15. The van der Waals surface area contributed by atoms with Crippen LogP contribution in [0.2, 0.25) is 0 Å². The van der Waals surface area contributed by atoms with Gasteiger partial charge in [-0.2, -0.15) is 0 Å². The lowest BCUT2D eigenvalue weighted by Crippen LogP contribution is -2.11. The molecule has 1 unspecified atom stereocenters. The number of allylic oxidation sites excluding steroid dienone is 4. The van der Waals surface area contributed by atoms with Crippen LogP contribution >= 0.6 is 0 Å². The van der Waals surface area contributed by atoms with E-state index in [1.807, 2.05) is 0 Å². The zero-order valence-electron chi connectivity index (χ0n) is 8.59. The first-order valence-electron chi connectivity index (χ1n) is 4.98. The molecule has 0 aromatic carbocycles. The zero-order chi connectivity index (χ0) is 11.4. The van der Waals surface area contributed by atoms with E-state index >= 15 is 0 Å². The minimum absolute atomic E-state index is 0.0261. The Morgan fingerprint density at radius 2 is 2.27 bits per heavy atom. The van der Waals surface area contributed by atoms with Gasteiger partial charge in [0.05, 0.1) is 11.7 Å². The average molecular weight is 216 g/mol. The van der Waals surface area contributed by atoms with E-state index in [-0.39, 0.29) is 19.3 Å². The number of Topliss-reactive ketones (excluding diaryl/α,β-unsaturated/α-hetero) is 1. The maximum absolute atomic E-state index is 13.2. The normalized spacial score (nSPS) is 18.8. The Bertz CT molecular complexity index is 317. The highest BCUT2D eigenvalue weighted by atomic mass is 19.1. The number of aliphatic hydroxyl groups excluding tert-OH is 1. The maximum Gasteiger partial charge on any atom is 0.168 e. The molecule has 0 saturated heterocycles. The first kappa shape index (κ1) is 12.0. The molecule has 0 aromatic heterocycles. The first-order chi connectivity index (χ1) is 7.02. The van der Waals surface area contributed by atoms with E-state index in [1.165, 1.54) is 13.0 Å².